The molecule has 0 aliphatic carbocycles. The Hall–Kier alpha value is -2.43. The lowest BCUT2D eigenvalue weighted by Crippen LogP contribution is -2.23. The van der Waals surface area contributed by atoms with Crippen LogP contribution in [-0.2, 0) is 0 Å². The molecule has 1 unspecified atom stereocenters. The maximum atomic E-state index is 4.43. The summed E-state index contributed by atoms with van der Waals surface area (Å²) in [4.78, 5) is 10.8. The van der Waals surface area contributed by atoms with E-state index in [4.69, 9.17) is 0 Å². The number of hydrogen-bond acceptors (Lipinski definition) is 4. The fourth-order valence-electron chi connectivity index (χ4n) is 2.72. The van der Waals surface area contributed by atoms with E-state index in [1.165, 1.54) is 16.7 Å². The van der Waals surface area contributed by atoms with Gasteiger partial charge in [-0.1, -0.05) is 23.8 Å². The lowest BCUT2D eigenvalue weighted by atomic mass is 9.99. The Balaban J connectivity index is 2.01. The van der Waals surface area contributed by atoms with Crippen LogP contribution in [0.1, 0.15) is 29.7 Å². The van der Waals surface area contributed by atoms with E-state index in [1.807, 2.05) is 0 Å². The predicted octanol–water partition coefficient (Wildman–Crippen LogP) is 3.17. The van der Waals surface area contributed by atoms with E-state index in [-0.39, 0.29) is 6.04 Å². The Morgan fingerprint density at radius 3 is 2.76 bits per heavy atom. The highest BCUT2D eigenvalue weighted by molar-refractivity contribution is 5.86. The molecule has 2 aromatic heterocycles. The lowest BCUT2D eigenvalue weighted by molar-refractivity contribution is 0.725. The van der Waals surface area contributed by atoms with E-state index in [2.05, 4.69) is 71.1 Å². The molecule has 3 aromatic rings. The van der Waals surface area contributed by atoms with E-state index in [0.29, 0.717) is 0 Å². The first-order chi connectivity index (χ1) is 10.1. The smallest absolute Gasteiger partial charge is 0.160 e. The number of hydrogen-bond donors (Lipinski definition) is 1. The van der Waals surface area contributed by atoms with Crippen LogP contribution in [0.25, 0.3) is 11.0 Å². The first-order valence-corrected chi connectivity index (χ1v) is 7.02. The first-order valence-electron chi connectivity index (χ1n) is 7.02. The van der Waals surface area contributed by atoms with Crippen molar-refractivity contribution in [2.75, 3.05) is 11.9 Å². The van der Waals surface area contributed by atoms with Crippen molar-refractivity contribution in [3.05, 3.63) is 47.4 Å². The van der Waals surface area contributed by atoms with Gasteiger partial charge < -0.3 is 4.90 Å². The number of aromatic amines is 1. The fourth-order valence-corrected chi connectivity index (χ4v) is 2.72. The van der Waals surface area contributed by atoms with Crippen LogP contribution in [0.4, 0.5) is 5.82 Å². The van der Waals surface area contributed by atoms with Gasteiger partial charge in [-0.15, -0.1) is 0 Å². The van der Waals surface area contributed by atoms with Gasteiger partial charge in [0.25, 0.3) is 0 Å². The number of fused-ring (bicyclic) bond motifs is 1. The highest BCUT2D eigenvalue weighted by Crippen LogP contribution is 2.29. The van der Waals surface area contributed by atoms with Crippen molar-refractivity contribution >= 4 is 16.9 Å². The summed E-state index contributed by atoms with van der Waals surface area (Å²) in [6.45, 7) is 6.45. The van der Waals surface area contributed by atoms with Crippen molar-refractivity contribution in [3.8, 4) is 0 Å². The van der Waals surface area contributed by atoms with Crippen molar-refractivity contribution in [3.63, 3.8) is 0 Å². The molecule has 0 fully saturated rings. The molecule has 5 heteroatoms. The molecular weight excluding hydrogens is 262 g/mol. The quantitative estimate of drug-likeness (QED) is 0.801. The molecule has 0 aliphatic rings. The zero-order chi connectivity index (χ0) is 15.0. The summed E-state index contributed by atoms with van der Waals surface area (Å²) in [6, 6.07) is 6.78. The zero-order valence-corrected chi connectivity index (χ0v) is 12.8. The topological polar surface area (TPSA) is 57.7 Å². The number of aromatic nitrogens is 4. The maximum absolute atomic E-state index is 4.43. The minimum Gasteiger partial charge on any atom is -0.352 e. The SMILES string of the molecule is Cc1ccc(C(C)N(C)c2ncnc3[nH]ncc23)c(C)c1. The maximum Gasteiger partial charge on any atom is 0.160 e. The number of nitrogens with one attached hydrogen (secondary N) is 1. The van der Waals surface area contributed by atoms with Crippen molar-refractivity contribution in [2.45, 2.75) is 26.8 Å². The third-order valence-electron chi connectivity index (χ3n) is 4.02. The molecule has 0 radical (unpaired) electrons. The summed E-state index contributed by atoms with van der Waals surface area (Å²) in [5, 5.41) is 7.88. The molecule has 1 aromatic carbocycles. The number of H-pyrrole nitrogens is 1. The molecule has 2 heterocycles. The molecule has 108 valence electrons. The van der Waals surface area contributed by atoms with Crippen LogP contribution in [0, 0.1) is 13.8 Å². The summed E-state index contributed by atoms with van der Waals surface area (Å²) in [6.07, 6.45) is 3.34. The number of anilines is 1. The van der Waals surface area contributed by atoms with Gasteiger partial charge in [0, 0.05) is 7.05 Å². The van der Waals surface area contributed by atoms with Gasteiger partial charge in [0.05, 0.1) is 17.6 Å². The molecule has 21 heavy (non-hydrogen) atoms. The molecule has 5 nitrogen and oxygen atoms in total. The Kier molecular flexibility index (Phi) is 3.33. The van der Waals surface area contributed by atoms with E-state index < -0.39 is 0 Å². The second-order valence-electron chi connectivity index (χ2n) is 5.48. The summed E-state index contributed by atoms with van der Waals surface area (Å²) in [5.41, 5.74) is 4.65. The highest BCUT2D eigenvalue weighted by atomic mass is 15.2. The van der Waals surface area contributed by atoms with Gasteiger partial charge in [-0.25, -0.2) is 9.97 Å². The van der Waals surface area contributed by atoms with Crippen LogP contribution < -0.4 is 4.90 Å². The molecule has 1 N–H and O–H groups in total. The standard InChI is InChI=1S/C16H19N5/c1-10-5-6-13(11(2)7-10)12(3)21(4)16-14-8-19-20-15(14)17-9-18-16/h5-9,12H,1-4H3,(H,17,18,19,20). The Morgan fingerprint density at radius 1 is 1.19 bits per heavy atom. The Morgan fingerprint density at radius 2 is 2.00 bits per heavy atom. The summed E-state index contributed by atoms with van der Waals surface area (Å²) >= 11 is 0. The van der Waals surface area contributed by atoms with E-state index in [1.54, 1.807) is 12.5 Å². The van der Waals surface area contributed by atoms with Crippen molar-refractivity contribution < 1.29 is 0 Å². The Bertz CT molecular complexity index is 777. The Labute approximate surface area is 124 Å². The minimum atomic E-state index is 0.221. The van der Waals surface area contributed by atoms with E-state index >= 15 is 0 Å². The predicted molar refractivity (Wildman–Crippen MR) is 84.4 cm³/mol. The normalized spacial score (nSPS) is 12.6. The molecule has 1 atom stereocenters. The molecular formula is C16H19N5. The number of aryl methyl sites for hydroxylation is 2. The molecule has 0 aliphatic heterocycles. The van der Waals surface area contributed by atoms with Crippen LogP contribution in [0.3, 0.4) is 0 Å². The van der Waals surface area contributed by atoms with Gasteiger partial charge in [-0.05, 0) is 31.9 Å². The lowest BCUT2D eigenvalue weighted by Gasteiger charge is -2.28. The van der Waals surface area contributed by atoms with Gasteiger partial charge in [0.15, 0.2) is 5.65 Å². The number of benzene rings is 1. The van der Waals surface area contributed by atoms with Crippen LogP contribution in [-0.4, -0.2) is 27.2 Å². The van der Waals surface area contributed by atoms with Gasteiger partial charge in [-0.3, -0.25) is 5.10 Å². The number of rotatable bonds is 3. The van der Waals surface area contributed by atoms with Crippen LogP contribution in [0.5, 0.6) is 0 Å². The molecule has 3 rings (SSSR count). The molecule has 0 amide bonds. The monoisotopic (exact) mass is 281 g/mol. The summed E-state index contributed by atoms with van der Waals surface area (Å²) < 4.78 is 0. The minimum absolute atomic E-state index is 0.221. The van der Waals surface area contributed by atoms with Crippen molar-refractivity contribution in [1.82, 2.24) is 20.2 Å². The third kappa shape index (κ3) is 2.35. The molecule has 0 bridgehead atoms. The fraction of sp³-hybridized carbons (Fsp3) is 0.312. The zero-order valence-electron chi connectivity index (χ0n) is 12.8. The van der Waals surface area contributed by atoms with Gasteiger partial charge in [0.2, 0.25) is 0 Å². The molecule has 0 saturated carbocycles. The van der Waals surface area contributed by atoms with Crippen molar-refractivity contribution in [2.24, 2.45) is 0 Å². The van der Waals surface area contributed by atoms with Crippen LogP contribution in [0.2, 0.25) is 0 Å². The van der Waals surface area contributed by atoms with Crippen molar-refractivity contribution in [1.29, 1.82) is 0 Å². The first kappa shape index (κ1) is 13.5. The van der Waals surface area contributed by atoms with Gasteiger partial charge in [0.1, 0.15) is 12.1 Å². The average Bonchev–Trinajstić information content (AvgIpc) is 2.94. The number of nitrogens with zero attached hydrogens (tertiary/aromatic N) is 4. The average molecular weight is 281 g/mol. The second kappa shape index (κ2) is 5.16. The summed E-state index contributed by atoms with van der Waals surface area (Å²) in [7, 11) is 2.05. The summed E-state index contributed by atoms with van der Waals surface area (Å²) in [5.74, 6) is 0.890. The van der Waals surface area contributed by atoms with E-state index in [0.717, 1.165) is 16.9 Å². The molecule has 0 spiro atoms. The van der Waals surface area contributed by atoms with Crippen LogP contribution in [0.15, 0.2) is 30.7 Å². The second-order valence-corrected chi connectivity index (χ2v) is 5.48. The third-order valence-corrected chi connectivity index (χ3v) is 4.02. The van der Waals surface area contributed by atoms with Crippen LogP contribution >= 0.6 is 0 Å². The largest absolute Gasteiger partial charge is 0.352 e. The van der Waals surface area contributed by atoms with Gasteiger partial charge >= 0.3 is 0 Å². The molecule has 0 saturated heterocycles. The highest BCUT2D eigenvalue weighted by Gasteiger charge is 2.18. The van der Waals surface area contributed by atoms with E-state index in [9.17, 15) is 0 Å². The van der Waals surface area contributed by atoms with Gasteiger partial charge in [-0.2, -0.15) is 5.10 Å².